The van der Waals surface area contributed by atoms with Crippen molar-refractivity contribution in [1.29, 1.82) is 0 Å². The number of aldehydes is 1. The summed E-state index contributed by atoms with van der Waals surface area (Å²) in [5.74, 6) is 0.417. The first kappa shape index (κ1) is 14.6. The van der Waals surface area contributed by atoms with E-state index in [1.807, 2.05) is 0 Å². The first-order valence-corrected chi connectivity index (χ1v) is 6.00. The number of hydrogen-bond donors (Lipinski definition) is 0. The Bertz CT molecular complexity index is 678. The van der Waals surface area contributed by atoms with Crippen LogP contribution in [0.2, 0.25) is 0 Å². The largest absolute Gasteiger partial charge is 0.493 e. The zero-order valence-corrected chi connectivity index (χ0v) is 11.8. The van der Waals surface area contributed by atoms with E-state index in [1.165, 1.54) is 32.2 Å². The quantitative estimate of drug-likeness (QED) is 0.613. The zero-order chi connectivity index (χ0) is 15.4. The molecular weight excluding hydrogens is 276 g/mol. The van der Waals surface area contributed by atoms with E-state index in [9.17, 15) is 9.59 Å². The molecule has 0 N–H and O–H groups in total. The molecule has 1 heterocycles. The van der Waals surface area contributed by atoms with Crippen molar-refractivity contribution in [3.8, 4) is 17.2 Å². The van der Waals surface area contributed by atoms with Crippen LogP contribution in [0, 0.1) is 0 Å². The van der Waals surface area contributed by atoms with Gasteiger partial charge in [0.2, 0.25) is 0 Å². The number of carbonyl (C=O) groups is 2. The van der Waals surface area contributed by atoms with E-state index in [0.717, 1.165) is 0 Å². The molecule has 0 saturated heterocycles. The average molecular weight is 290 g/mol. The van der Waals surface area contributed by atoms with Crippen LogP contribution < -0.4 is 9.47 Å². The molecule has 1 aromatic heterocycles. The minimum atomic E-state index is -0.621. The van der Waals surface area contributed by atoms with E-state index in [2.05, 4.69) is 9.84 Å². The molecule has 0 radical (unpaired) electrons. The molecular formula is C14H14N2O5. The van der Waals surface area contributed by atoms with Gasteiger partial charge < -0.3 is 14.2 Å². The molecule has 0 unspecified atom stereocenters. The molecule has 0 aliphatic heterocycles. The Balaban J connectivity index is 2.54. The maximum atomic E-state index is 11.6. The van der Waals surface area contributed by atoms with Crippen molar-refractivity contribution in [1.82, 2.24) is 9.78 Å². The number of esters is 1. The van der Waals surface area contributed by atoms with Gasteiger partial charge in [-0.25, -0.2) is 9.48 Å². The molecule has 0 aliphatic carbocycles. The summed E-state index contributed by atoms with van der Waals surface area (Å²) in [5, 5.41) is 4.05. The number of hydrogen-bond acceptors (Lipinski definition) is 6. The minimum absolute atomic E-state index is 0.0993. The third-order valence-corrected chi connectivity index (χ3v) is 2.94. The second-order valence-corrected chi connectivity index (χ2v) is 4.00. The molecule has 0 bridgehead atoms. The van der Waals surface area contributed by atoms with Crippen molar-refractivity contribution in [2.45, 2.75) is 0 Å². The van der Waals surface area contributed by atoms with Crippen LogP contribution in [-0.2, 0) is 4.74 Å². The van der Waals surface area contributed by atoms with Crippen molar-refractivity contribution < 1.29 is 23.8 Å². The lowest BCUT2D eigenvalue weighted by molar-refractivity contribution is 0.0598. The van der Waals surface area contributed by atoms with Gasteiger partial charge in [0.25, 0.3) is 0 Å². The fraction of sp³-hybridized carbons (Fsp3) is 0.214. The van der Waals surface area contributed by atoms with Crippen molar-refractivity contribution in [3.63, 3.8) is 0 Å². The van der Waals surface area contributed by atoms with Crippen LogP contribution in [0.4, 0.5) is 0 Å². The van der Waals surface area contributed by atoms with E-state index < -0.39 is 5.97 Å². The minimum Gasteiger partial charge on any atom is -0.493 e. The number of benzene rings is 1. The van der Waals surface area contributed by atoms with E-state index in [0.29, 0.717) is 23.5 Å². The van der Waals surface area contributed by atoms with Crippen LogP contribution >= 0.6 is 0 Å². The highest BCUT2D eigenvalue weighted by atomic mass is 16.5. The summed E-state index contributed by atoms with van der Waals surface area (Å²) >= 11 is 0. The molecule has 1 aromatic carbocycles. The highest BCUT2D eigenvalue weighted by molar-refractivity contribution is 5.97. The number of rotatable bonds is 5. The van der Waals surface area contributed by atoms with Crippen molar-refractivity contribution >= 4 is 12.3 Å². The second-order valence-electron chi connectivity index (χ2n) is 4.00. The topological polar surface area (TPSA) is 79.7 Å². The van der Waals surface area contributed by atoms with Crippen LogP contribution in [0.25, 0.3) is 5.69 Å². The SMILES string of the molecule is COC(=O)c1cnn(-c2ccc(OC)c(OC)c2)c1C=O. The van der Waals surface area contributed by atoms with Crippen LogP contribution in [0.15, 0.2) is 24.4 Å². The lowest BCUT2D eigenvalue weighted by atomic mass is 10.2. The van der Waals surface area contributed by atoms with Gasteiger partial charge in [-0.05, 0) is 12.1 Å². The molecule has 0 aliphatic rings. The van der Waals surface area contributed by atoms with Crippen LogP contribution in [0.5, 0.6) is 11.5 Å². The highest BCUT2D eigenvalue weighted by Crippen LogP contribution is 2.29. The van der Waals surface area contributed by atoms with Crippen molar-refractivity contribution in [3.05, 3.63) is 35.7 Å². The molecule has 0 fully saturated rings. The molecule has 0 spiro atoms. The van der Waals surface area contributed by atoms with Gasteiger partial charge in [-0.15, -0.1) is 0 Å². The lowest BCUT2D eigenvalue weighted by Crippen LogP contribution is -2.07. The number of nitrogens with zero attached hydrogens (tertiary/aromatic N) is 2. The standard InChI is InChI=1S/C14H14N2O5/c1-19-12-5-4-9(6-13(12)20-2)16-11(8-17)10(7-15-16)14(18)21-3/h4-8H,1-3H3. The summed E-state index contributed by atoms with van der Waals surface area (Å²) in [6, 6.07) is 5.03. The summed E-state index contributed by atoms with van der Waals surface area (Å²) in [6.45, 7) is 0. The molecule has 0 saturated carbocycles. The Morgan fingerprint density at radius 1 is 1.19 bits per heavy atom. The van der Waals surface area contributed by atoms with Crippen LogP contribution in [0.3, 0.4) is 0 Å². The van der Waals surface area contributed by atoms with Gasteiger partial charge in [-0.2, -0.15) is 5.10 Å². The Labute approximate surface area is 121 Å². The number of ether oxygens (including phenoxy) is 3. The van der Waals surface area contributed by atoms with E-state index in [1.54, 1.807) is 18.2 Å². The maximum absolute atomic E-state index is 11.6. The van der Waals surface area contributed by atoms with Gasteiger partial charge in [0.15, 0.2) is 17.8 Å². The Morgan fingerprint density at radius 3 is 2.48 bits per heavy atom. The average Bonchev–Trinajstić information content (AvgIpc) is 2.97. The van der Waals surface area contributed by atoms with Gasteiger partial charge in [0, 0.05) is 6.07 Å². The highest BCUT2D eigenvalue weighted by Gasteiger charge is 2.19. The van der Waals surface area contributed by atoms with E-state index >= 15 is 0 Å². The molecule has 7 heteroatoms. The molecule has 2 aromatic rings. The maximum Gasteiger partial charge on any atom is 0.341 e. The predicted octanol–water partition coefficient (Wildman–Crippen LogP) is 1.49. The molecule has 7 nitrogen and oxygen atoms in total. The first-order chi connectivity index (χ1) is 10.2. The Hall–Kier alpha value is -2.83. The number of methoxy groups -OCH3 is 3. The van der Waals surface area contributed by atoms with Gasteiger partial charge in [-0.3, -0.25) is 4.79 Å². The Kier molecular flexibility index (Phi) is 4.22. The Morgan fingerprint density at radius 2 is 1.90 bits per heavy atom. The zero-order valence-electron chi connectivity index (χ0n) is 11.8. The smallest absolute Gasteiger partial charge is 0.341 e. The molecule has 0 amide bonds. The summed E-state index contributed by atoms with van der Waals surface area (Å²) < 4.78 is 16.3. The second kappa shape index (κ2) is 6.08. The van der Waals surface area contributed by atoms with Gasteiger partial charge in [0.1, 0.15) is 11.3 Å². The normalized spacial score (nSPS) is 10.0. The summed E-state index contributed by atoms with van der Waals surface area (Å²) in [6.07, 6.45) is 1.84. The number of carbonyl (C=O) groups excluding carboxylic acids is 2. The fourth-order valence-corrected chi connectivity index (χ4v) is 1.90. The van der Waals surface area contributed by atoms with Gasteiger partial charge in [0.05, 0.1) is 33.2 Å². The molecule has 0 atom stereocenters. The molecule has 110 valence electrons. The third kappa shape index (κ3) is 2.58. The fourth-order valence-electron chi connectivity index (χ4n) is 1.90. The summed E-state index contributed by atoms with van der Waals surface area (Å²) in [5.41, 5.74) is 0.765. The lowest BCUT2D eigenvalue weighted by Gasteiger charge is -2.10. The molecule has 2 rings (SSSR count). The van der Waals surface area contributed by atoms with Crippen LogP contribution in [0.1, 0.15) is 20.8 Å². The monoisotopic (exact) mass is 290 g/mol. The van der Waals surface area contributed by atoms with Crippen molar-refractivity contribution in [2.75, 3.05) is 21.3 Å². The summed E-state index contributed by atoms with van der Waals surface area (Å²) in [4.78, 5) is 22.8. The first-order valence-electron chi connectivity index (χ1n) is 6.00. The van der Waals surface area contributed by atoms with Crippen molar-refractivity contribution in [2.24, 2.45) is 0 Å². The van der Waals surface area contributed by atoms with Crippen LogP contribution in [-0.4, -0.2) is 43.4 Å². The number of aromatic nitrogens is 2. The van der Waals surface area contributed by atoms with Gasteiger partial charge >= 0.3 is 5.97 Å². The summed E-state index contributed by atoms with van der Waals surface area (Å²) in [7, 11) is 4.27. The molecule has 21 heavy (non-hydrogen) atoms. The van der Waals surface area contributed by atoms with Gasteiger partial charge in [-0.1, -0.05) is 0 Å². The van der Waals surface area contributed by atoms with E-state index in [4.69, 9.17) is 9.47 Å². The predicted molar refractivity (Wildman–Crippen MR) is 73.4 cm³/mol. The van der Waals surface area contributed by atoms with E-state index in [-0.39, 0.29) is 11.3 Å². The third-order valence-electron chi connectivity index (χ3n) is 2.94.